The summed E-state index contributed by atoms with van der Waals surface area (Å²) in [5.74, 6) is 0.451. The average molecular weight is 344 g/mol. The maximum Gasteiger partial charge on any atom is 0.325 e. The zero-order valence-corrected chi connectivity index (χ0v) is 14.2. The molecule has 2 fully saturated rings. The lowest BCUT2D eigenvalue weighted by molar-refractivity contribution is -0.132. The van der Waals surface area contributed by atoms with Gasteiger partial charge in [-0.25, -0.2) is 4.79 Å². The van der Waals surface area contributed by atoms with Crippen LogP contribution in [0, 0.1) is 0 Å². The van der Waals surface area contributed by atoms with Crippen LogP contribution in [0.25, 0.3) is 0 Å². The van der Waals surface area contributed by atoms with Gasteiger partial charge in [0.1, 0.15) is 24.0 Å². The first-order valence-corrected chi connectivity index (χ1v) is 8.69. The van der Waals surface area contributed by atoms with E-state index in [1.54, 1.807) is 6.08 Å². The van der Waals surface area contributed by atoms with Crippen LogP contribution in [0.2, 0.25) is 0 Å². The molecule has 1 spiro atoms. The Morgan fingerprint density at radius 2 is 2.04 bits per heavy atom. The van der Waals surface area contributed by atoms with Gasteiger partial charge in [-0.05, 0) is 30.9 Å². The number of hydrogen-bond acceptors (Lipinski definition) is 4. The predicted octanol–water partition coefficient (Wildman–Crippen LogP) is 2.02. The van der Waals surface area contributed by atoms with Crippen LogP contribution in [0.15, 0.2) is 36.9 Å². The molecule has 1 aromatic carbocycles. The average Bonchev–Trinajstić information content (AvgIpc) is 3.15. The first-order valence-electron chi connectivity index (χ1n) is 8.69. The van der Waals surface area contributed by atoms with E-state index in [1.165, 1.54) is 0 Å². The number of imide groups is 1. The van der Waals surface area contributed by atoms with Crippen LogP contribution in [0.5, 0.6) is 5.75 Å². The number of carbonyl (C=O) groups is 2. The molecule has 3 amide bonds. The van der Waals surface area contributed by atoms with Crippen LogP contribution in [0.4, 0.5) is 4.79 Å². The number of carbonyl (C=O) groups excluding carboxylic acids is 2. The standard InChI is InChI=1S/C19H24N2O4/c1-2-7-14-8-3-4-9-16(14)25-13-15(22)12-21-17(23)19(20-18(21)24)10-5-6-11-19/h2-4,8-9,15,22H,1,5-7,10-13H2,(H,20,24)/t15-/m0/s1. The Bertz CT molecular complexity index is 667. The molecule has 0 bridgehead atoms. The molecule has 1 aliphatic heterocycles. The summed E-state index contributed by atoms with van der Waals surface area (Å²) in [6.07, 6.45) is 4.74. The topological polar surface area (TPSA) is 78.9 Å². The highest BCUT2D eigenvalue weighted by molar-refractivity contribution is 6.07. The number of allylic oxidation sites excluding steroid dienone is 1. The van der Waals surface area contributed by atoms with Crippen molar-refractivity contribution in [2.24, 2.45) is 0 Å². The number of rotatable bonds is 7. The summed E-state index contributed by atoms with van der Waals surface area (Å²) < 4.78 is 5.68. The van der Waals surface area contributed by atoms with Crippen molar-refractivity contribution in [3.8, 4) is 5.75 Å². The van der Waals surface area contributed by atoms with E-state index in [9.17, 15) is 14.7 Å². The first-order chi connectivity index (χ1) is 12.1. The minimum atomic E-state index is -0.942. The minimum Gasteiger partial charge on any atom is -0.491 e. The van der Waals surface area contributed by atoms with Crippen molar-refractivity contribution in [2.45, 2.75) is 43.7 Å². The van der Waals surface area contributed by atoms with E-state index < -0.39 is 17.7 Å². The zero-order chi connectivity index (χ0) is 17.9. The molecule has 1 heterocycles. The number of nitrogens with one attached hydrogen (secondary N) is 1. The molecule has 0 unspecified atom stereocenters. The van der Waals surface area contributed by atoms with Crippen molar-refractivity contribution in [2.75, 3.05) is 13.2 Å². The van der Waals surface area contributed by atoms with Crippen LogP contribution in [0.1, 0.15) is 31.2 Å². The van der Waals surface area contributed by atoms with Crippen LogP contribution < -0.4 is 10.1 Å². The number of hydrogen-bond donors (Lipinski definition) is 2. The quantitative estimate of drug-likeness (QED) is 0.586. The Morgan fingerprint density at radius 3 is 2.76 bits per heavy atom. The van der Waals surface area contributed by atoms with Crippen molar-refractivity contribution in [3.05, 3.63) is 42.5 Å². The number of para-hydroxylation sites is 1. The monoisotopic (exact) mass is 344 g/mol. The van der Waals surface area contributed by atoms with Crippen molar-refractivity contribution in [3.63, 3.8) is 0 Å². The van der Waals surface area contributed by atoms with Gasteiger partial charge >= 0.3 is 6.03 Å². The molecule has 0 radical (unpaired) electrons. The lowest BCUT2D eigenvalue weighted by atomic mass is 9.98. The third kappa shape index (κ3) is 3.54. The van der Waals surface area contributed by atoms with Crippen LogP contribution in [0.3, 0.4) is 0 Å². The third-order valence-electron chi connectivity index (χ3n) is 4.86. The highest BCUT2D eigenvalue weighted by atomic mass is 16.5. The number of urea groups is 1. The van der Waals surface area contributed by atoms with Gasteiger partial charge in [0, 0.05) is 0 Å². The van der Waals surface area contributed by atoms with E-state index >= 15 is 0 Å². The Labute approximate surface area is 147 Å². The van der Waals surface area contributed by atoms with Crippen molar-refractivity contribution in [1.29, 1.82) is 0 Å². The summed E-state index contributed by atoms with van der Waals surface area (Å²) in [7, 11) is 0. The molecule has 6 nitrogen and oxygen atoms in total. The molecular formula is C19H24N2O4. The summed E-state index contributed by atoms with van der Waals surface area (Å²) in [5, 5.41) is 13.0. The maximum absolute atomic E-state index is 12.6. The van der Waals surface area contributed by atoms with Gasteiger partial charge in [-0.15, -0.1) is 6.58 Å². The molecule has 1 saturated carbocycles. The van der Waals surface area contributed by atoms with Gasteiger partial charge in [-0.3, -0.25) is 9.69 Å². The fourth-order valence-electron chi connectivity index (χ4n) is 3.58. The normalized spacial score (nSPS) is 20.0. The number of aliphatic hydroxyl groups excluding tert-OH is 1. The Kier molecular flexibility index (Phi) is 5.08. The van der Waals surface area contributed by atoms with E-state index in [0.29, 0.717) is 25.0 Å². The van der Waals surface area contributed by atoms with Gasteiger partial charge < -0.3 is 15.2 Å². The smallest absolute Gasteiger partial charge is 0.325 e. The molecule has 1 saturated heterocycles. The number of β-amino-alcohol motifs (C(OH)–C–C–N with tert-alkyl or cyclic N) is 1. The maximum atomic E-state index is 12.6. The fraction of sp³-hybridized carbons (Fsp3) is 0.474. The molecule has 134 valence electrons. The van der Waals surface area contributed by atoms with E-state index in [4.69, 9.17) is 4.74 Å². The molecule has 2 N–H and O–H groups in total. The van der Waals surface area contributed by atoms with E-state index in [2.05, 4.69) is 11.9 Å². The second-order valence-electron chi connectivity index (χ2n) is 6.70. The van der Waals surface area contributed by atoms with Gasteiger partial charge in [0.15, 0.2) is 0 Å². The van der Waals surface area contributed by atoms with E-state index in [-0.39, 0.29) is 19.1 Å². The second kappa shape index (κ2) is 7.27. The zero-order valence-electron chi connectivity index (χ0n) is 14.2. The molecule has 0 aromatic heterocycles. The second-order valence-corrected chi connectivity index (χ2v) is 6.70. The van der Waals surface area contributed by atoms with Crippen LogP contribution >= 0.6 is 0 Å². The van der Waals surface area contributed by atoms with Crippen molar-refractivity contribution >= 4 is 11.9 Å². The third-order valence-corrected chi connectivity index (χ3v) is 4.86. The van der Waals surface area contributed by atoms with Crippen LogP contribution in [-0.2, 0) is 11.2 Å². The predicted molar refractivity (Wildman–Crippen MR) is 93.3 cm³/mol. The Morgan fingerprint density at radius 1 is 1.32 bits per heavy atom. The molecule has 6 heteroatoms. The van der Waals surface area contributed by atoms with Crippen molar-refractivity contribution in [1.82, 2.24) is 10.2 Å². The van der Waals surface area contributed by atoms with Gasteiger partial charge in [0.2, 0.25) is 0 Å². The number of ether oxygens (including phenoxy) is 1. The summed E-state index contributed by atoms with van der Waals surface area (Å²) in [5.41, 5.74) is 0.235. The number of benzene rings is 1. The molecule has 2 aliphatic rings. The van der Waals surface area contributed by atoms with Crippen molar-refractivity contribution < 1.29 is 19.4 Å². The summed E-state index contributed by atoms with van der Waals surface area (Å²) in [6.45, 7) is 3.67. The lowest BCUT2D eigenvalue weighted by Gasteiger charge is -2.21. The number of aliphatic hydroxyl groups is 1. The van der Waals surface area contributed by atoms with Gasteiger partial charge in [-0.1, -0.05) is 37.1 Å². The van der Waals surface area contributed by atoms with Gasteiger partial charge in [-0.2, -0.15) is 0 Å². The van der Waals surface area contributed by atoms with E-state index in [0.717, 1.165) is 23.3 Å². The molecule has 3 rings (SSSR count). The largest absolute Gasteiger partial charge is 0.491 e. The van der Waals surface area contributed by atoms with Gasteiger partial charge in [0.05, 0.1) is 6.54 Å². The molecular weight excluding hydrogens is 320 g/mol. The summed E-state index contributed by atoms with van der Waals surface area (Å²) in [4.78, 5) is 25.8. The lowest BCUT2D eigenvalue weighted by Crippen LogP contribution is -2.45. The minimum absolute atomic E-state index is 0.0121. The number of amides is 3. The highest BCUT2D eigenvalue weighted by Crippen LogP contribution is 2.35. The molecule has 1 atom stereocenters. The molecule has 1 aliphatic carbocycles. The van der Waals surface area contributed by atoms with Crippen LogP contribution in [-0.4, -0.2) is 46.7 Å². The SMILES string of the molecule is C=CCc1ccccc1OC[C@@H](O)CN1C(=O)NC2(CCCC2)C1=O. The Balaban J connectivity index is 1.58. The number of nitrogens with zero attached hydrogens (tertiary/aromatic N) is 1. The Hall–Kier alpha value is -2.34. The molecule has 1 aromatic rings. The van der Waals surface area contributed by atoms with E-state index in [1.807, 2.05) is 24.3 Å². The summed E-state index contributed by atoms with van der Waals surface area (Å²) >= 11 is 0. The fourth-order valence-corrected chi connectivity index (χ4v) is 3.58. The summed E-state index contributed by atoms with van der Waals surface area (Å²) in [6, 6.07) is 7.11. The molecule has 25 heavy (non-hydrogen) atoms. The van der Waals surface area contributed by atoms with Gasteiger partial charge in [0.25, 0.3) is 5.91 Å². The highest BCUT2D eigenvalue weighted by Gasteiger charge is 2.52. The first kappa shape index (κ1) is 17.5.